The van der Waals surface area contributed by atoms with Crippen LogP contribution in [0.3, 0.4) is 0 Å². The van der Waals surface area contributed by atoms with Crippen LogP contribution in [0.5, 0.6) is 0 Å². The molecule has 0 aliphatic carbocycles. The summed E-state index contributed by atoms with van der Waals surface area (Å²) >= 11 is 0. The topological polar surface area (TPSA) is 130 Å². The van der Waals surface area contributed by atoms with E-state index in [0.717, 1.165) is 12.8 Å². The van der Waals surface area contributed by atoms with E-state index in [2.05, 4.69) is 12.2 Å². The molecule has 0 aromatic heterocycles. The number of carbonyl (C=O) groups is 1. The first-order valence-corrected chi connectivity index (χ1v) is 12.2. The van der Waals surface area contributed by atoms with Gasteiger partial charge in [-0.1, -0.05) is 96.8 Å². The van der Waals surface area contributed by atoms with Gasteiger partial charge in [0.05, 0.1) is 6.61 Å². The summed E-state index contributed by atoms with van der Waals surface area (Å²) < 4.78 is 34.1. The van der Waals surface area contributed by atoms with Crippen LogP contribution in [0.15, 0.2) is 0 Å². The zero-order chi connectivity index (χ0) is 21.5. The van der Waals surface area contributed by atoms with Gasteiger partial charge in [-0.15, -0.1) is 0 Å². The van der Waals surface area contributed by atoms with Crippen LogP contribution < -0.4 is 64.4 Å². The van der Waals surface area contributed by atoms with Gasteiger partial charge in [-0.05, 0) is 6.42 Å². The molecule has 0 aliphatic heterocycles. The predicted octanol–water partition coefficient (Wildman–Crippen LogP) is -1.97. The number of rotatable bonds is 18. The van der Waals surface area contributed by atoms with Crippen molar-refractivity contribution < 1.29 is 86.5 Å². The van der Waals surface area contributed by atoms with E-state index in [0.29, 0.717) is 13.0 Å². The molecule has 7 nitrogen and oxygen atoms in total. The van der Waals surface area contributed by atoms with Crippen molar-refractivity contribution in [2.24, 2.45) is 0 Å². The van der Waals surface area contributed by atoms with Crippen molar-refractivity contribution in [1.82, 2.24) is 5.32 Å². The van der Waals surface area contributed by atoms with Crippen LogP contribution in [0.25, 0.3) is 0 Å². The summed E-state index contributed by atoms with van der Waals surface area (Å²) in [6.07, 6.45) is 20.8. The van der Waals surface area contributed by atoms with Crippen LogP contribution >= 0.6 is 0 Å². The normalized spacial score (nSPS) is 10.3. The van der Waals surface area contributed by atoms with Gasteiger partial charge >= 0.3 is 59.1 Å². The molecule has 10 heteroatoms. The maximum atomic E-state index is 11.3. The molecule has 0 heterocycles. The third-order valence-electron chi connectivity index (χ3n) is 4.44. The van der Waals surface area contributed by atoms with E-state index in [1.54, 1.807) is 0 Å². The second kappa shape index (κ2) is 30.3. The quantitative estimate of drug-likeness (QED) is 0.104. The van der Waals surface area contributed by atoms with Crippen LogP contribution in [-0.2, 0) is 15.2 Å². The fourth-order valence-electron chi connectivity index (χ4n) is 2.94. The maximum Gasteiger partial charge on any atom is 1.00 e. The molecule has 0 spiro atoms. The van der Waals surface area contributed by atoms with Crippen LogP contribution in [-0.4, -0.2) is 41.7 Å². The molecule has 0 aliphatic rings. The van der Waals surface area contributed by atoms with E-state index in [-0.39, 0.29) is 71.6 Å². The average molecular weight is 470 g/mol. The minimum Gasteiger partial charge on any atom is -0.759 e. The molecule has 0 rings (SSSR count). The minimum atomic E-state index is -5.17. The smallest absolute Gasteiger partial charge is 0.759 e. The SMILES string of the molecule is CCCCCCCCCCCCCCCCCC(=O)NCCO.O=S(=O)([O-])[O-].[Na+].[Na+]. The Balaban J connectivity index is -0.000000429. The summed E-state index contributed by atoms with van der Waals surface area (Å²) in [5.41, 5.74) is 0. The van der Waals surface area contributed by atoms with Gasteiger partial charge in [0.25, 0.3) is 0 Å². The summed E-state index contributed by atoms with van der Waals surface area (Å²) in [7, 11) is -5.17. The molecule has 0 bridgehead atoms. The average Bonchev–Trinajstić information content (AvgIpc) is 2.61. The molecule has 0 unspecified atom stereocenters. The first kappa shape index (κ1) is 38.6. The Morgan fingerprint density at radius 1 is 0.733 bits per heavy atom. The second-order valence-electron chi connectivity index (χ2n) is 7.18. The van der Waals surface area contributed by atoms with Gasteiger partial charge in [-0.25, -0.2) is 0 Å². The Bertz CT molecular complexity index is 431. The third-order valence-corrected chi connectivity index (χ3v) is 4.44. The van der Waals surface area contributed by atoms with Gasteiger partial charge in [-0.2, -0.15) is 0 Å². The number of hydrogen-bond acceptors (Lipinski definition) is 6. The van der Waals surface area contributed by atoms with Crippen molar-refractivity contribution in [3.8, 4) is 0 Å². The fourth-order valence-corrected chi connectivity index (χ4v) is 2.94. The van der Waals surface area contributed by atoms with Crippen molar-refractivity contribution in [2.75, 3.05) is 13.2 Å². The van der Waals surface area contributed by atoms with Gasteiger partial charge in [0, 0.05) is 23.4 Å². The Morgan fingerprint density at radius 3 is 1.33 bits per heavy atom. The first-order valence-electron chi connectivity index (χ1n) is 10.9. The van der Waals surface area contributed by atoms with Gasteiger partial charge in [0.15, 0.2) is 0 Å². The van der Waals surface area contributed by atoms with E-state index in [1.165, 1.54) is 83.5 Å². The molecule has 0 saturated heterocycles. The van der Waals surface area contributed by atoms with Gasteiger partial charge in [0.2, 0.25) is 5.91 Å². The standard InChI is InChI=1S/C20H41NO2.2Na.H2O4S/c1-2-3-4-5-6-7-8-9-10-11-12-13-14-15-16-17-20(23)21-18-19-22;;;1-5(2,3)4/h22H,2-19H2,1H3,(H,21,23);;;(H2,1,2,3,4)/q;2*+1;/p-2. The van der Waals surface area contributed by atoms with Crippen LogP contribution in [0.2, 0.25) is 0 Å². The van der Waals surface area contributed by atoms with Crippen molar-refractivity contribution in [3.63, 3.8) is 0 Å². The van der Waals surface area contributed by atoms with E-state index in [1.807, 2.05) is 0 Å². The maximum absolute atomic E-state index is 11.3. The van der Waals surface area contributed by atoms with Crippen molar-refractivity contribution >= 4 is 16.3 Å². The number of aliphatic hydroxyl groups is 1. The fraction of sp³-hybridized carbons (Fsp3) is 0.950. The van der Waals surface area contributed by atoms with Crippen LogP contribution in [0, 0.1) is 0 Å². The van der Waals surface area contributed by atoms with E-state index < -0.39 is 10.4 Å². The molecule has 0 radical (unpaired) electrons. The molecular formula is C20H41NNa2O6S. The van der Waals surface area contributed by atoms with Gasteiger partial charge < -0.3 is 19.5 Å². The third kappa shape index (κ3) is 47.2. The summed E-state index contributed by atoms with van der Waals surface area (Å²) in [6.45, 7) is 2.69. The van der Waals surface area contributed by atoms with Crippen LogP contribution in [0.4, 0.5) is 0 Å². The molecule has 1 amide bonds. The number of aliphatic hydroxyl groups excluding tert-OH is 1. The Kier molecular flexibility index (Phi) is 38.9. The molecule has 170 valence electrons. The Morgan fingerprint density at radius 2 is 1.03 bits per heavy atom. The Hall–Kier alpha value is 1.30. The summed E-state index contributed by atoms with van der Waals surface area (Å²) in [5.74, 6) is 0.0775. The molecule has 2 N–H and O–H groups in total. The summed E-state index contributed by atoms with van der Waals surface area (Å²) in [5, 5.41) is 11.3. The second-order valence-corrected chi connectivity index (χ2v) is 8.00. The first-order chi connectivity index (χ1) is 13.3. The van der Waals surface area contributed by atoms with Crippen molar-refractivity contribution in [1.29, 1.82) is 0 Å². The molecule has 0 atom stereocenters. The molecule has 0 aromatic carbocycles. The molecular weight excluding hydrogens is 428 g/mol. The monoisotopic (exact) mass is 469 g/mol. The number of amides is 1. The van der Waals surface area contributed by atoms with Gasteiger partial charge in [0.1, 0.15) is 0 Å². The van der Waals surface area contributed by atoms with E-state index >= 15 is 0 Å². The van der Waals surface area contributed by atoms with Gasteiger partial charge in [-0.3, -0.25) is 13.2 Å². The predicted molar refractivity (Wildman–Crippen MR) is 110 cm³/mol. The molecule has 0 fully saturated rings. The number of carbonyl (C=O) groups excluding carboxylic acids is 1. The zero-order valence-electron chi connectivity index (χ0n) is 19.6. The molecule has 30 heavy (non-hydrogen) atoms. The van der Waals surface area contributed by atoms with E-state index in [4.69, 9.17) is 22.6 Å². The largest absolute Gasteiger partial charge is 1.00 e. The Labute approximate surface area is 229 Å². The molecule has 0 aromatic rings. The van der Waals surface area contributed by atoms with Crippen molar-refractivity contribution in [2.45, 2.75) is 110 Å². The number of unbranched alkanes of at least 4 members (excludes halogenated alkanes) is 14. The summed E-state index contributed by atoms with van der Waals surface area (Å²) in [6, 6.07) is 0. The molecule has 0 saturated carbocycles. The number of hydrogen-bond donors (Lipinski definition) is 2. The zero-order valence-corrected chi connectivity index (χ0v) is 24.4. The minimum absolute atomic E-state index is 0. The van der Waals surface area contributed by atoms with E-state index in [9.17, 15) is 4.79 Å². The summed E-state index contributed by atoms with van der Waals surface area (Å²) in [4.78, 5) is 11.3. The number of nitrogens with one attached hydrogen (secondary N) is 1. The van der Waals surface area contributed by atoms with Crippen molar-refractivity contribution in [3.05, 3.63) is 0 Å². The van der Waals surface area contributed by atoms with Crippen LogP contribution in [0.1, 0.15) is 110 Å².